The lowest BCUT2D eigenvalue weighted by Crippen LogP contribution is -2.38. The molecule has 0 saturated heterocycles. The van der Waals surface area contributed by atoms with E-state index in [0.717, 1.165) is 11.3 Å². The number of nitriles is 1. The molecule has 0 fully saturated rings. The summed E-state index contributed by atoms with van der Waals surface area (Å²) in [6, 6.07) is 6.42. The number of rotatable bonds is 3. The molecule has 1 aromatic rings. The molecular formula is C10H14N2S. The summed E-state index contributed by atoms with van der Waals surface area (Å²) in [6.45, 7) is 2.04. The molecular weight excluding hydrogens is 180 g/mol. The quantitative estimate of drug-likeness (QED) is 0.739. The summed E-state index contributed by atoms with van der Waals surface area (Å²) in [6.07, 6.45) is 0.816. The molecule has 1 atom stereocenters. The molecule has 1 aromatic heterocycles. The molecule has 1 rings (SSSR count). The molecule has 0 N–H and O–H groups in total. The smallest absolute Gasteiger partial charge is 0.143 e. The minimum Gasteiger partial charge on any atom is -0.287 e. The summed E-state index contributed by atoms with van der Waals surface area (Å²) >= 11 is 1.64. The molecule has 0 bridgehead atoms. The average Bonchev–Trinajstić information content (AvgIpc) is 2.60. The van der Waals surface area contributed by atoms with Gasteiger partial charge < -0.3 is 0 Å². The summed E-state index contributed by atoms with van der Waals surface area (Å²) in [7, 11) is 3.90. The minimum absolute atomic E-state index is 0.436. The molecule has 0 aliphatic rings. The lowest BCUT2D eigenvalue weighted by molar-refractivity contribution is 0.215. The second kappa shape index (κ2) is 3.91. The van der Waals surface area contributed by atoms with Crippen molar-refractivity contribution in [2.45, 2.75) is 18.9 Å². The number of hydrogen-bond acceptors (Lipinski definition) is 3. The van der Waals surface area contributed by atoms with Gasteiger partial charge in [-0.1, -0.05) is 13.0 Å². The Morgan fingerprint density at radius 3 is 2.62 bits per heavy atom. The van der Waals surface area contributed by atoms with Gasteiger partial charge in [0.2, 0.25) is 0 Å². The maximum atomic E-state index is 9.23. The van der Waals surface area contributed by atoms with E-state index in [1.54, 1.807) is 11.3 Å². The van der Waals surface area contributed by atoms with Crippen LogP contribution in [0.25, 0.3) is 0 Å². The van der Waals surface area contributed by atoms with Crippen LogP contribution in [0.1, 0.15) is 18.2 Å². The van der Waals surface area contributed by atoms with Crippen molar-refractivity contribution in [3.63, 3.8) is 0 Å². The zero-order valence-electron chi connectivity index (χ0n) is 8.24. The summed E-state index contributed by atoms with van der Waals surface area (Å²) in [4.78, 5) is 3.11. The highest BCUT2D eigenvalue weighted by atomic mass is 32.1. The van der Waals surface area contributed by atoms with Crippen LogP contribution in [0.5, 0.6) is 0 Å². The molecule has 0 aliphatic carbocycles. The van der Waals surface area contributed by atoms with Crippen molar-refractivity contribution in [1.82, 2.24) is 4.90 Å². The Morgan fingerprint density at radius 1 is 1.62 bits per heavy atom. The molecule has 3 heteroatoms. The topological polar surface area (TPSA) is 27.0 Å². The third kappa shape index (κ3) is 1.60. The molecule has 0 radical (unpaired) electrons. The molecule has 0 amide bonds. The highest BCUT2D eigenvalue weighted by Gasteiger charge is 2.33. The molecule has 70 valence electrons. The number of hydrogen-bond donors (Lipinski definition) is 0. The first-order valence-corrected chi connectivity index (χ1v) is 5.18. The molecule has 0 saturated carbocycles. The molecule has 0 aromatic carbocycles. The predicted octanol–water partition coefficient (Wildman–Crippen LogP) is 2.44. The van der Waals surface area contributed by atoms with Crippen LogP contribution in [0.3, 0.4) is 0 Å². The minimum atomic E-state index is -0.436. The molecule has 1 unspecified atom stereocenters. The summed E-state index contributed by atoms with van der Waals surface area (Å²) < 4.78 is 0. The van der Waals surface area contributed by atoms with Crippen LogP contribution in [-0.2, 0) is 5.54 Å². The first-order valence-electron chi connectivity index (χ1n) is 4.30. The van der Waals surface area contributed by atoms with E-state index in [1.165, 1.54) is 0 Å². The van der Waals surface area contributed by atoms with E-state index < -0.39 is 5.54 Å². The fourth-order valence-corrected chi connectivity index (χ4v) is 2.49. The first kappa shape index (κ1) is 10.2. The van der Waals surface area contributed by atoms with Gasteiger partial charge in [0.25, 0.3) is 0 Å². The number of nitrogens with zero attached hydrogens (tertiary/aromatic N) is 2. The van der Waals surface area contributed by atoms with E-state index in [1.807, 2.05) is 43.4 Å². The Labute approximate surface area is 83.4 Å². The Balaban J connectivity index is 3.13. The maximum Gasteiger partial charge on any atom is 0.143 e. The van der Waals surface area contributed by atoms with Gasteiger partial charge in [-0.05, 0) is 32.0 Å². The van der Waals surface area contributed by atoms with E-state index in [-0.39, 0.29) is 0 Å². The Kier molecular flexibility index (Phi) is 3.07. The summed E-state index contributed by atoms with van der Waals surface area (Å²) in [5.41, 5.74) is -0.436. The van der Waals surface area contributed by atoms with Crippen LogP contribution >= 0.6 is 11.3 Å². The Morgan fingerprint density at radius 2 is 2.31 bits per heavy atom. The third-order valence-corrected chi connectivity index (χ3v) is 3.41. The second-order valence-electron chi connectivity index (χ2n) is 3.20. The van der Waals surface area contributed by atoms with Crippen molar-refractivity contribution in [2.75, 3.05) is 14.1 Å². The van der Waals surface area contributed by atoms with E-state index in [9.17, 15) is 5.26 Å². The Hall–Kier alpha value is -0.850. The van der Waals surface area contributed by atoms with E-state index in [0.29, 0.717) is 0 Å². The van der Waals surface area contributed by atoms with Crippen LogP contribution < -0.4 is 0 Å². The van der Waals surface area contributed by atoms with Gasteiger partial charge in [0.1, 0.15) is 5.54 Å². The fraction of sp³-hybridized carbons (Fsp3) is 0.500. The summed E-state index contributed by atoms with van der Waals surface area (Å²) in [5, 5.41) is 11.2. The SMILES string of the molecule is CCC(C#N)(c1cccs1)N(C)C. The van der Waals surface area contributed by atoms with Crippen LogP contribution in [-0.4, -0.2) is 19.0 Å². The van der Waals surface area contributed by atoms with Gasteiger partial charge in [-0.15, -0.1) is 11.3 Å². The zero-order valence-corrected chi connectivity index (χ0v) is 9.06. The highest BCUT2D eigenvalue weighted by molar-refractivity contribution is 7.10. The molecule has 1 heterocycles. The third-order valence-electron chi connectivity index (χ3n) is 2.39. The Bertz CT molecular complexity index is 297. The van der Waals surface area contributed by atoms with Crippen molar-refractivity contribution in [2.24, 2.45) is 0 Å². The molecule has 0 aliphatic heterocycles. The van der Waals surface area contributed by atoms with Crippen LogP contribution in [0.15, 0.2) is 17.5 Å². The second-order valence-corrected chi connectivity index (χ2v) is 4.15. The van der Waals surface area contributed by atoms with Crippen LogP contribution in [0.4, 0.5) is 0 Å². The molecule has 2 nitrogen and oxygen atoms in total. The van der Waals surface area contributed by atoms with Crippen LogP contribution in [0.2, 0.25) is 0 Å². The van der Waals surface area contributed by atoms with Gasteiger partial charge in [0.15, 0.2) is 0 Å². The van der Waals surface area contributed by atoms with Crippen molar-refractivity contribution in [3.05, 3.63) is 22.4 Å². The summed E-state index contributed by atoms with van der Waals surface area (Å²) in [5.74, 6) is 0. The van der Waals surface area contributed by atoms with Gasteiger partial charge in [-0.2, -0.15) is 5.26 Å². The van der Waals surface area contributed by atoms with E-state index >= 15 is 0 Å². The zero-order chi connectivity index (χ0) is 9.90. The predicted molar refractivity (Wildman–Crippen MR) is 55.6 cm³/mol. The van der Waals surface area contributed by atoms with Gasteiger partial charge in [-0.25, -0.2) is 0 Å². The first-order chi connectivity index (χ1) is 6.17. The lowest BCUT2D eigenvalue weighted by atomic mass is 9.95. The van der Waals surface area contributed by atoms with Gasteiger partial charge >= 0.3 is 0 Å². The highest BCUT2D eigenvalue weighted by Crippen LogP contribution is 2.32. The average molecular weight is 194 g/mol. The monoisotopic (exact) mass is 194 g/mol. The van der Waals surface area contributed by atoms with Crippen molar-refractivity contribution >= 4 is 11.3 Å². The van der Waals surface area contributed by atoms with E-state index in [4.69, 9.17) is 0 Å². The number of thiophene rings is 1. The van der Waals surface area contributed by atoms with Crippen molar-refractivity contribution in [3.8, 4) is 6.07 Å². The van der Waals surface area contributed by atoms with Gasteiger partial charge in [-0.3, -0.25) is 4.90 Å². The maximum absolute atomic E-state index is 9.23. The van der Waals surface area contributed by atoms with Gasteiger partial charge in [0, 0.05) is 4.88 Å². The van der Waals surface area contributed by atoms with Crippen molar-refractivity contribution in [1.29, 1.82) is 5.26 Å². The van der Waals surface area contributed by atoms with Crippen molar-refractivity contribution < 1.29 is 0 Å². The van der Waals surface area contributed by atoms with E-state index in [2.05, 4.69) is 6.07 Å². The lowest BCUT2D eigenvalue weighted by Gasteiger charge is -2.31. The fourth-order valence-electron chi connectivity index (χ4n) is 1.46. The molecule has 0 spiro atoms. The standard InChI is InChI=1S/C10H14N2S/c1-4-10(8-11,12(2)3)9-6-5-7-13-9/h5-7H,4H2,1-3H3. The van der Waals surface area contributed by atoms with Crippen LogP contribution in [0, 0.1) is 11.3 Å². The van der Waals surface area contributed by atoms with Gasteiger partial charge in [0.05, 0.1) is 6.07 Å². The largest absolute Gasteiger partial charge is 0.287 e. The normalized spacial score (nSPS) is 15.3. The molecule has 13 heavy (non-hydrogen) atoms.